The van der Waals surface area contributed by atoms with E-state index in [-0.39, 0.29) is 5.28 Å². The summed E-state index contributed by atoms with van der Waals surface area (Å²) in [6.07, 6.45) is 0. The average Bonchev–Trinajstić information content (AvgIpc) is 2.71. The van der Waals surface area contributed by atoms with E-state index in [0.29, 0.717) is 11.5 Å². The van der Waals surface area contributed by atoms with Gasteiger partial charge in [0.25, 0.3) is 0 Å². The number of fused-ring (bicyclic) bond motifs is 1. The Bertz CT molecular complexity index is 637. The van der Waals surface area contributed by atoms with Crippen molar-refractivity contribution < 1.29 is 4.42 Å². The zero-order valence-electron chi connectivity index (χ0n) is 9.14. The van der Waals surface area contributed by atoms with Crippen LogP contribution in [0.25, 0.3) is 22.4 Å². The molecule has 0 aliphatic carbocycles. The Labute approximate surface area is 103 Å². The van der Waals surface area contributed by atoms with Crippen molar-refractivity contribution in [2.75, 3.05) is 0 Å². The Morgan fingerprint density at radius 2 is 1.94 bits per heavy atom. The number of nitrogens with zero attached hydrogens (tertiary/aromatic N) is 2. The van der Waals surface area contributed by atoms with Crippen molar-refractivity contribution >= 4 is 22.6 Å². The molecule has 0 N–H and O–H groups in total. The van der Waals surface area contributed by atoms with Crippen LogP contribution in [0.4, 0.5) is 0 Å². The summed E-state index contributed by atoms with van der Waals surface area (Å²) >= 11 is 5.83. The summed E-state index contributed by atoms with van der Waals surface area (Å²) in [5.41, 5.74) is 2.37. The Morgan fingerprint density at radius 3 is 2.71 bits per heavy atom. The van der Waals surface area contributed by atoms with Gasteiger partial charge in [0.05, 0.1) is 0 Å². The van der Waals surface area contributed by atoms with Gasteiger partial charge in [-0.2, -0.15) is 0 Å². The predicted octanol–water partition coefficient (Wildman–Crippen LogP) is 3.85. The minimum Gasteiger partial charge on any atom is -0.454 e. The Balaban J connectivity index is 2.20. The maximum atomic E-state index is 5.83. The van der Waals surface area contributed by atoms with Crippen LogP contribution in [0, 0.1) is 6.92 Å². The van der Waals surface area contributed by atoms with E-state index in [4.69, 9.17) is 16.0 Å². The highest BCUT2D eigenvalue weighted by atomic mass is 35.5. The molecule has 0 aliphatic heterocycles. The Hall–Kier alpha value is -1.87. The van der Waals surface area contributed by atoms with E-state index in [1.165, 1.54) is 0 Å². The van der Waals surface area contributed by atoms with E-state index < -0.39 is 0 Å². The number of rotatable bonds is 1. The van der Waals surface area contributed by atoms with Crippen LogP contribution < -0.4 is 0 Å². The smallest absolute Gasteiger partial charge is 0.223 e. The van der Waals surface area contributed by atoms with Crippen molar-refractivity contribution in [3.8, 4) is 11.5 Å². The molecule has 0 aliphatic rings. The van der Waals surface area contributed by atoms with Gasteiger partial charge >= 0.3 is 0 Å². The highest BCUT2D eigenvalue weighted by Gasteiger charge is 2.08. The van der Waals surface area contributed by atoms with Gasteiger partial charge in [-0.25, -0.2) is 9.97 Å². The monoisotopic (exact) mass is 244 g/mol. The molecule has 0 fully saturated rings. The number of hydrogen-bond donors (Lipinski definition) is 0. The SMILES string of the molecule is Cc1cc(-c2cc3ccccc3o2)nc(Cl)n1. The third-order valence-corrected chi connectivity index (χ3v) is 2.67. The minimum absolute atomic E-state index is 0.237. The van der Waals surface area contributed by atoms with Crippen molar-refractivity contribution in [3.63, 3.8) is 0 Å². The lowest BCUT2D eigenvalue weighted by molar-refractivity contribution is 0.628. The third kappa shape index (κ3) is 1.89. The first-order valence-electron chi connectivity index (χ1n) is 5.22. The molecule has 0 saturated carbocycles. The fourth-order valence-electron chi connectivity index (χ4n) is 1.77. The molecule has 84 valence electrons. The van der Waals surface area contributed by atoms with Gasteiger partial charge in [-0.1, -0.05) is 18.2 Å². The van der Waals surface area contributed by atoms with E-state index in [9.17, 15) is 0 Å². The van der Waals surface area contributed by atoms with E-state index in [1.54, 1.807) is 0 Å². The molecular weight excluding hydrogens is 236 g/mol. The lowest BCUT2D eigenvalue weighted by Gasteiger charge is -1.98. The van der Waals surface area contributed by atoms with Crippen LogP contribution in [0.5, 0.6) is 0 Å². The van der Waals surface area contributed by atoms with Gasteiger partial charge in [0.15, 0.2) is 5.76 Å². The van der Waals surface area contributed by atoms with Gasteiger partial charge < -0.3 is 4.42 Å². The minimum atomic E-state index is 0.237. The maximum Gasteiger partial charge on any atom is 0.223 e. The first kappa shape index (κ1) is 10.3. The van der Waals surface area contributed by atoms with Crippen molar-refractivity contribution in [1.82, 2.24) is 9.97 Å². The molecule has 17 heavy (non-hydrogen) atoms. The molecule has 0 amide bonds. The number of para-hydroxylation sites is 1. The molecule has 0 atom stereocenters. The molecule has 2 heterocycles. The van der Waals surface area contributed by atoms with Crippen LogP contribution in [-0.4, -0.2) is 9.97 Å². The molecule has 3 rings (SSSR count). The van der Waals surface area contributed by atoms with E-state index in [1.807, 2.05) is 43.3 Å². The number of halogens is 1. The van der Waals surface area contributed by atoms with E-state index >= 15 is 0 Å². The summed E-state index contributed by atoms with van der Waals surface area (Å²) in [5, 5.41) is 1.29. The summed E-state index contributed by atoms with van der Waals surface area (Å²) in [7, 11) is 0. The Morgan fingerprint density at radius 1 is 1.12 bits per heavy atom. The van der Waals surface area contributed by atoms with Gasteiger partial charge in [-0.3, -0.25) is 0 Å². The summed E-state index contributed by atoms with van der Waals surface area (Å²) in [5.74, 6) is 0.707. The van der Waals surface area contributed by atoms with Crippen LogP contribution in [0.1, 0.15) is 5.69 Å². The first-order chi connectivity index (χ1) is 8.22. The number of benzene rings is 1. The number of aryl methyl sites for hydroxylation is 1. The van der Waals surface area contributed by atoms with Crippen LogP contribution >= 0.6 is 11.6 Å². The van der Waals surface area contributed by atoms with Gasteiger partial charge in [-0.15, -0.1) is 0 Å². The van der Waals surface area contributed by atoms with Gasteiger partial charge in [0, 0.05) is 11.1 Å². The maximum absolute atomic E-state index is 5.83. The number of hydrogen-bond acceptors (Lipinski definition) is 3. The number of furan rings is 1. The van der Waals surface area contributed by atoms with Crippen molar-refractivity contribution in [3.05, 3.63) is 47.4 Å². The van der Waals surface area contributed by atoms with Crippen molar-refractivity contribution in [1.29, 1.82) is 0 Å². The second-order valence-electron chi connectivity index (χ2n) is 3.81. The second kappa shape index (κ2) is 3.86. The Kier molecular flexibility index (Phi) is 2.34. The highest BCUT2D eigenvalue weighted by Crippen LogP contribution is 2.27. The van der Waals surface area contributed by atoms with E-state index in [0.717, 1.165) is 16.7 Å². The summed E-state index contributed by atoms with van der Waals surface area (Å²) in [4.78, 5) is 8.19. The number of aromatic nitrogens is 2. The fourth-order valence-corrected chi connectivity index (χ4v) is 1.99. The lowest BCUT2D eigenvalue weighted by atomic mass is 10.2. The molecule has 0 bridgehead atoms. The fraction of sp³-hybridized carbons (Fsp3) is 0.0769. The largest absolute Gasteiger partial charge is 0.454 e. The van der Waals surface area contributed by atoms with Crippen LogP contribution in [0.2, 0.25) is 5.28 Å². The van der Waals surface area contributed by atoms with E-state index in [2.05, 4.69) is 9.97 Å². The van der Waals surface area contributed by atoms with Gasteiger partial charge in [0.1, 0.15) is 11.3 Å². The predicted molar refractivity (Wildman–Crippen MR) is 67.0 cm³/mol. The second-order valence-corrected chi connectivity index (χ2v) is 4.15. The summed E-state index contributed by atoms with van der Waals surface area (Å²) in [6, 6.07) is 11.6. The molecule has 0 unspecified atom stereocenters. The molecule has 2 aromatic heterocycles. The summed E-state index contributed by atoms with van der Waals surface area (Å²) in [6.45, 7) is 1.87. The molecule has 4 heteroatoms. The molecule has 0 spiro atoms. The lowest BCUT2D eigenvalue weighted by Crippen LogP contribution is -1.89. The van der Waals surface area contributed by atoms with Crippen molar-refractivity contribution in [2.24, 2.45) is 0 Å². The van der Waals surface area contributed by atoms with Crippen LogP contribution in [-0.2, 0) is 0 Å². The molecular formula is C13H9ClN2O. The zero-order valence-corrected chi connectivity index (χ0v) is 9.90. The van der Waals surface area contributed by atoms with Gasteiger partial charge in [-0.05, 0) is 36.7 Å². The van der Waals surface area contributed by atoms with Gasteiger partial charge in [0.2, 0.25) is 5.28 Å². The topological polar surface area (TPSA) is 38.9 Å². The van der Waals surface area contributed by atoms with Crippen LogP contribution in [0.15, 0.2) is 40.8 Å². The quantitative estimate of drug-likeness (QED) is 0.611. The molecule has 0 saturated heterocycles. The zero-order chi connectivity index (χ0) is 11.8. The molecule has 1 aromatic carbocycles. The van der Waals surface area contributed by atoms with Crippen LogP contribution in [0.3, 0.4) is 0 Å². The first-order valence-corrected chi connectivity index (χ1v) is 5.60. The summed E-state index contributed by atoms with van der Waals surface area (Å²) < 4.78 is 5.72. The third-order valence-electron chi connectivity index (χ3n) is 2.50. The molecule has 3 aromatic rings. The molecule has 0 radical (unpaired) electrons. The average molecular weight is 245 g/mol. The van der Waals surface area contributed by atoms with Crippen molar-refractivity contribution in [2.45, 2.75) is 6.92 Å². The molecule has 3 nitrogen and oxygen atoms in total. The highest BCUT2D eigenvalue weighted by molar-refractivity contribution is 6.28. The normalized spacial score (nSPS) is 10.9. The standard InChI is InChI=1S/C13H9ClN2O/c1-8-6-10(16-13(14)15-8)12-7-9-4-2-3-5-11(9)17-12/h2-7H,1H3.